The van der Waals surface area contributed by atoms with Gasteiger partial charge in [0.1, 0.15) is 22.8 Å². The van der Waals surface area contributed by atoms with Gasteiger partial charge < -0.3 is 8.83 Å². The highest BCUT2D eigenvalue weighted by Crippen LogP contribution is 2.23. The largest absolute Gasteiger partial charge is 0.467 e. The highest BCUT2D eigenvalue weighted by atomic mass is 16.6. The summed E-state index contributed by atoms with van der Waals surface area (Å²) in [5.41, 5.74) is 5.56. The van der Waals surface area contributed by atoms with E-state index in [1.165, 1.54) is 24.7 Å². The quantitative estimate of drug-likeness (QED) is 0.292. The monoisotopic (exact) mass is 328 g/mol. The van der Waals surface area contributed by atoms with Crippen molar-refractivity contribution >= 4 is 18.0 Å². The lowest BCUT2D eigenvalue weighted by molar-refractivity contribution is -0.401. The molecule has 0 aliphatic heterocycles. The minimum Gasteiger partial charge on any atom is -0.467 e. The maximum Gasteiger partial charge on any atom is 0.433 e. The topological polar surface area (TPSA) is 132 Å². The fourth-order valence-electron chi connectivity index (χ4n) is 1.78. The zero-order valence-corrected chi connectivity index (χ0v) is 12.2. The van der Waals surface area contributed by atoms with Gasteiger partial charge in [-0.2, -0.15) is 0 Å². The molecule has 24 heavy (non-hydrogen) atoms. The second-order valence-electron chi connectivity index (χ2n) is 4.48. The van der Waals surface area contributed by atoms with Gasteiger partial charge in [-0.3, -0.25) is 26.0 Å². The third kappa shape index (κ3) is 3.74. The van der Waals surface area contributed by atoms with Crippen molar-refractivity contribution < 1.29 is 13.8 Å². The first kappa shape index (κ1) is 15.2. The van der Waals surface area contributed by atoms with Crippen molar-refractivity contribution in [2.24, 2.45) is 4.99 Å². The van der Waals surface area contributed by atoms with Gasteiger partial charge >= 0.3 is 5.88 Å². The van der Waals surface area contributed by atoms with E-state index in [1.54, 1.807) is 18.4 Å². The molecule has 0 saturated carbocycles. The number of hydrogen-bond donors (Lipinski definition) is 2. The first-order valence-corrected chi connectivity index (χ1v) is 6.82. The minimum absolute atomic E-state index is 0.205. The molecule has 0 aliphatic rings. The average Bonchev–Trinajstić information content (AvgIpc) is 3.27. The van der Waals surface area contributed by atoms with Gasteiger partial charge in [-0.05, 0) is 18.2 Å². The smallest absolute Gasteiger partial charge is 0.433 e. The number of aromatic nitrogens is 2. The summed E-state index contributed by atoms with van der Waals surface area (Å²) in [6.07, 6.45) is 4.54. The van der Waals surface area contributed by atoms with E-state index in [1.807, 2.05) is 6.07 Å². The Balaban J connectivity index is 1.58. The second-order valence-corrected chi connectivity index (χ2v) is 4.48. The van der Waals surface area contributed by atoms with Crippen LogP contribution in [0.25, 0.3) is 11.6 Å². The Kier molecular flexibility index (Phi) is 4.47. The number of anilines is 1. The molecule has 0 aliphatic carbocycles. The lowest BCUT2D eigenvalue weighted by Gasteiger charge is -2.04. The Morgan fingerprint density at radius 2 is 2.25 bits per heavy atom. The Labute approximate surface area is 135 Å². The Hall–Kier alpha value is -3.69. The van der Waals surface area contributed by atoms with Gasteiger partial charge in [0.05, 0.1) is 18.9 Å². The summed E-state index contributed by atoms with van der Waals surface area (Å²) in [7, 11) is 0. The standard InChI is InChI=1S/C14H12N6O4/c21-20(22)13-4-3-11(24-13)14-16-6-5-12(18-14)19-17-9-15-8-10-2-1-7-23-10/h1-7,9H,8H2,(H,15,17)(H,16,18,19). The van der Waals surface area contributed by atoms with Gasteiger partial charge in [-0.1, -0.05) is 0 Å². The van der Waals surface area contributed by atoms with Crippen molar-refractivity contribution in [1.29, 1.82) is 0 Å². The van der Waals surface area contributed by atoms with Crippen molar-refractivity contribution in [2.75, 3.05) is 5.43 Å². The van der Waals surface area contributed by atoms with Crippen LogP contribution in [0.5, 0.6) is 0 Å². The number of hydrazine groups is 1. The maximum absolute atomic E-state index is 10.6. The SMILES string of the molecule is O=[N+]([O-])c1ccc(-c2nccc(NNC=NCc3ccco3)n2)o1. The predicted octanol–water partition coefficient (Wildman–Crippen LogP) is 2.38. The van der Waals surface area contributed by atoms with E-state index in [2.05, 4.69) is 25.8 Å². The molecule has 0 amide bonds. The van der Waals surface area contributed by atoms with Crippen LogP contribution in [0.1, 0.15) is 5.76 Å². The van der Waals surface area contributed by atoms with Gasteiger partial charge in [-0.15, -0.1) is 0 Å². The molecule has 0 spiro atoms. The highest BCUT2D eigenvalue weighted by molar-refractivity contribution is 5.58. The molecule has 0 saturated heterocycles. The van der Waals surface area contributed by atoms with Crippen LogP contribution in [-0.4, -0.2) is 21.2 Å². The fourth-order valence-corrected chi connectivity index (χ4v) is 1.78. The molecule has 0 bridgehead atoms. The first-order chi connectivity index (χ1) is 11.7. The van der Waals surface area contributed by atoms with Crippen LogP contribution in [0.4, 0.5) is 11.7 Å². The van der Waals surface area contributed by atoms with Crippen LogP contribution in [-0.2, 0) is 6.54 Å². The Morgan fingerprint density at radius 1 is 1.33 bits per heavy atom. The minimum atomic E-state index is -0.622. The maximum atomic E-state index is 10.6. The molecule has 3 heterocycles. The number of nitrogens with zero attached hydrogens (tertiary/aromatic N) is 4. The molecule has 3 rings (SSSR count). The molecule has 2 N–H and O–H groups in total. The van der Waals surface area contributed by atoms with Crippen LogP contribution < -0.4 is 10.9 Å². The normalized spacial score (nSPS) is 10.8. The van der Waals surface area contributed by atoms with E-state index in [4.69, 9.17) is 8.83 Å². The molecule has 122 valence electrons. The van der Waals surface area contributed by atoms with Crippen LogP contribution in [0.3, 0.4) is 0 Å². The van der Waals surface area contributed by atoms with Crippen LogP contribution in [0.2, 0.25) is 0 Å². The molecule has 0 unspecified atom stereocenters. The molecule has 10 nitrogen and oxygen atoms in total. The van der Waals surface area contributed by atoms with Crippen molar-refractivity contribution in [3.05, 3.63) is 58.7 Å². The fraction of sp³-hybridized carbons (Fsp3) is 0.0714. The molecular weight excluding hydrogens is 316 g/mol. The first-order valence-electron chi connectivity index (χ1n) is 6.82. The predicted molar refractivity (Wildman–Crippen MR) is 84.1 cm³/mol. The van der Waals surface area contributed by atoms with E-state index in [0.717, 1.165) is 5.76 Å². The van der Waals surface area contributed by atoms with Crippen molar-refractivity contribution in [2.45, 2.75) is 6.54 Å². The Bertz CT molecular complexity index is 843. The molecular formula is C14H12N6O4. The summed E-state index contributed by atoms with van der Waals surface area (Å²) in [5, 5.41) is 10.6. The number of hydrogen-bond acceptors (Lipinski definition) is 8. The number of aliphatic imine (C=N–C) groups is 1. The lowest BCUT2D eigenvalue weighted by Crippen LogP contribution is -2.20. The summed E-state index contributed by atoms with van der Waals surface area (Å²) < 4.78 is 10.2. The number of furan rings is 2. The zero-order chi connectivity index (χ0) is 16.8. The van der Waals surface area contributed by atoms with Crippen molar-refractivity contribution in [1.82, 2.24) is 15.4 Å². The van der Waals surface area contributed by atoms with Gasteiger partial charge in [-0.25, -0.2) is 9.97 Å². The lowest BCUT2D eigenvalue weighted by atomic mass is 10.4. The molecule has 0 aromatic carbocycles. The summed E-state index contributed by atoms with van der Waals surface area (Å²) in [6.45, 7) is 0.409. The van der Waals surface area contributed by atoms with Gasteiger partial charge in [0.15, 0.2) is 11.6 Å². The van der Waals surface area contributed by atoms with Crippen molar-refractivity contribution in [3.63, 3.8) is 0 Å². The van der Waals surface area contributed by atoms with Crippen molar-refractivity contribution in [3.8, 4) is 11.6 Å². The molecule has 3 aromatic heterocycles. The molecule has 0 atom stereocenters. The molecule has 0 radical (unpaired) electrons. The van der Waals surface area contributed by atoms with E-state index in [-0.39, 0.29) is 17.5 Å². The van der Waals surface area contributed by atoms with Crippen LogP contribution >= 0.6 is 0 Å². The number of nitrogens with one attached hydrogen (secondary N) is 2. The van der Waals surface area contributed by atoms with E-state index in [9.17, 15) is 10.1 Å². The van der Waals surface area contributed by atoms with E-state index >= 15 is 0 Å². The summed E-state index contributed by atoms with van der Waals surface area (Å²) in [4.78, 5) is 22.3. The molecule has 10 heteroatoms. The highest BCUT2D eigenvalue weighted by Gasteiger charge is 2.15. The summed E-state index contributed by atoms with van der Waals surface area (Å²) in [5.74, 6) is 1.26. The third-order valence-electron chi connectivity index (χ3n) is 2.83. The van der Waals surface area contributed by atoms with Gasteiger partial charge in [0, 0.05) is 12.3 Å². The van der Waals surface area contributed by atoms with Crippen LogP contribution in [0, 0.1) is 10.1 Å². The number of rotatable bonds is 7. The third-order valence-corrected chi connectivity index (χ3v) is 2.83. The molecule has 3 aromatic rings. The van der Waals surface area contributed by atoms with E-state index < -0.39 is 4.92 Å². The zero-order valence-electron chi connectivity index (χ0n) is 12.2. The van der Waals surface area contributed by atoms with E-state index in [0.29, 0.717) is 12.4 Å². The van der Waals surface area contributed by atoms with Crippen LogP contribution in [0.15, 0.2) is 56.6 Å². The summed E-state index contributed by atoms with van der Waals surface area (Å²) >= 11 is 0. The second kappa shape index (κ2) is 7.05. The Morgan fingerprint density at radius 3 is 3.00 bits per heavy atom. The van der Waals surface area contributed by atoms with Gasteiger partial charge in [0.25, 0.3) is 0 Å². The van der Waals surface area contributed by atoms with Gasteiger partial charge in [0.2, 0.25) is 0 Å². The molecule has 0 fully saturated rings. The number of nitro groups is 1. The summed E-state index contributed by atoms with van der Waals surface area (Å²) in [6, 6.07) is 7.92. The average molecular weight is 328 g/mol.